The molecule has 1 fully saturated rings. The summed E-state index contributed by atoms with van der Waals surface area (Å²) in [6.45, 7) is 3.44. The molecule has 1 saturated heterocycles. The van der Waals surface area contributed by atoms with Gasteiger partial charge in [-0.1, -0.05) is 0 Å². The lowest BCUT2D eigenvalue weighted by molar-refractivity contribution is 0.205. The summed E-state index contributed by atoms with van der Waals surface area (Å²) in [5.41, 5.74) is 2.56. The van der Waals surface area contributed by atoms with E-state index in [0.29, 0.717) is 0 Å². The molecule has 0 amide bonds. The summed E-state index contributed by atoms with van der Waals surface area (Å²) in [6.07, 6.45) is 8.17. The Labute approximate surface area is 125 Å². The lowest BCUT2D eigenvalue weighted by atomic mass is 9.97. The minimum Gasteiger partial charge on any atom is -0.392 e. The highest BCUT2D eigenvalue weighted by Crippen LogP contribution is 2.20. The topological polar surface area (TPSA) is 54.2 Å². The van der Waals surface area contributed by atoms with E-state index in [1.54, 1.807) is 6.20 Å². The maximum Gasteiger partial charge on any atom is 0.107 e. The van der Waals surface area contributed by atoms with E-state index in [0.717, 1.165) is 29.4 Å². The van der Waals surface area contributed by atoms with Gasteiger partial charge in [-0.25, -0.2) is 4.98 Å². The highest BCUT2D eigenvalue weighted by molar-refractivity contribution is 5.53. The van der Waals surface area contributed by atoms with Crippen molar-refractivity contribution in [3.05, 3.63) is 36.4 Å². The Morgan fingerprint density at radius 2 is 2.05 bits per heavy atom. The van der Waals surface area contributed by atoms with Gasteiger partial charge in [-0.15, -0.1) is 0 Å². The fraction of sp³-hybridized carbons (Fsp3) is 0.500. The molecule has 1 aliphatic heterocycles. The van der Waals surface area contributed by atoms with Crippen molar-refractivity contribution >= 4 is 0 Å². The van der Waals surface area contributed by atoms with E-state index in [4.69, 9.17) is 0 Å². The first-order chi connectivity index (χ1) is 10.2. The quantitative estimate of drug-likeness (QED) is 0.931. The van der Waals surface area contributed by atoms with Crippen molar-refractivity contribution in [1.29, 1.82) is 0 Å². The van der Waals surface area contributed by atoms with Crippen LogP contribution in [0.5, 0.6) is 0 Å². The Kier molecular flexibility index (Phi) is 4.31. The summed E-state index contributed by atoms with van der Waals surface area (Å²) in [5.74, 6) is 0.736. The molecule has 5 nitrogen and oxygen atoms in total. The van der Waals surface area contributed by atoms with E-state index < -0.39 is 0 Å². The zero-order valence-corrected chi connectivity index (χ0v) is 12.4. The van der Waals surface area contributed by atoms with Crippen molar-refractivity contribution in [2.45, 2.75) is 26.0 Å². The van der Waals surface area contributed by atoms with Crippen molar-refractivity contribution in [1.82, 2.24) is 19.4 Å². The van der Waals surface area contributed by atoms with Gasteiger partial charge >= 0.3 is 0 Å². The van der Waals surface area contributed by atoms with Crippen molar-refractivity contribution in [3.63, 3.8) is 0 Å². The fourth-order valence-electron chi connectivity index (χ4n) is 2.85. The van der Waals surface area contributed by atoms with Crippen LogP contribution in [-0.4, -0.2) is 44.7 Å². The molecule has 0 saturated carbocycles. The van der Waals surface area contributed by atoms with E-state index in [2.05, 4.69) is 32.7 Å². The van der Waals surface area contributed by atoms with Crippen LogP contribution in [-0.2, 0) is 13.2 Å². The number of likely N-dealkylation sites (tertiary alicyclic amines) is 1. The molecular formula is C16H22N4O. The third-order valence-corrected chi connectivity index (χ3v) is 4.21. The average molecular weight is 286 g/mol. The summed E-state index contributed by atoms with van der Waals surface area (Å²) < 4.78 is 2.17. The normalized spacial score (nSPS) is 17.2. The molecule has 1 aliphatic rings. The number of aliphatic hydroxyl groups is 1. The summed E-state index contributed by atoms with van der Waals surface area (Å²) in [4.78, 5) is 11.2. The van der Waals surface area contributed by atoms with E-state index in [-0.39, 0.29) is 6.61 Å². The molecule has 0 aromatic carbocycles. The first kappa shape index (κ1) is 14.2. The monoisotopic (exact) mass is 286 g/mol. The summed E-state index contributed by atoms with van der Waals surface area (Å²) >= 11 is 0. The van der Waals surface area contributed by atoms with E-state index >= 15 is 0 Å². The van der Waals surface area contributed by atoms with Crippen LogP contribution in [0.25, 0.3) is 11.4 Å². The molecule has 2 aromatic rings. The zero-order valence-electron chi connectivity index (χ0n) is 12.4. The van der Waals surface area contributed by atoms with Crippen molar-refractivity contribution in [3.8, 4) is 11.4 Å². The zero-order chi connectivity index (χ0) is 14.7. The van der Waals surface area contributed by atoms with Gasteiger partial charge in [0, 0.05) is 18.9 Å². The number of hydrogen-bond donors (Lipinski definition) is 1. The summed E-state index contributed by atoms with van der Waals surface area (Å²) in [7, 11) is 2.19. The second-order valence-electron chi connectivity index (χ2n) is 5.91. The molecule has 2 aromatic heterocycles. The lowest BCUT2D eigenvalue weighted by Crippen LogP contribution is -2.31. The molecule has 3 rings (SSSR count). The van der Waals surface area contributed by atoms with Gasteiger partial charge in [-0.05, 0) is 56.6 Å². The first-order valence-corrected chi connectivity index (χ1v) is 7.51. The largest absolute Gasteiger partial charge is 0.392 e. The second kappa shape index (κ2) is 6.37. The average Bonchev–Trinajstić information content (AvgIpc) is 2.98. The Morgan fingerprint density at radius 3 is 2.81 bits per heavy atom. The number of nitrogens with zero attached hydrogens (tertiary/aromatic N) is 4. The molecular weight excluding hydrogens is 264 g/mol. The number of aromatic nitrogens is 3. The van der Waals surface area contributed by atoms with Crippen LogP contribution in [0.4, 0.5) is 0 Å². The third-order valence-electron chi connectivity index (χ3n) is 4.21. The molecule has 5 heteroatoms. The lowest BCUT2D eigenvalue weighted by Gasteiger charge is -2.28. The molecule has 112 valence electrons. The Morgan fingerprint density at radius 1 is 1.24 bits per heavy atom. The predicted octanol–water partition coefficient (Wildman–Crippen LogP) is 1.78. The van der Waals surface area contributed by atoms with Crippen LogP contribution < -0.4 is 0 Å². The van der Waals surface area contributed by atoms with Crippen molar-refractivity contribution in [2.75, 3.05) is 20.1 Å². The SMILES string of the molecule is CN1CCC(Cn2cnc(-c3cc(CO)ccn3)c2)CC1. The number of imidazole rings is 1. The maximum absolute atomic E-state index is 9.19. The van der Waals surface area contributed by atoms with Crippen LogP contribution in [0.1, 0.15) is 18.4 Å². The molecule has 0 spiro atoms. The minimum atomic E-state index is 0.0336. The number of pyridine rings is 1. The molecule has 0 bridgehead atoms. The van der Waals surface area contributed by atoms with Gasteiger partial charge in [0.05, 0.1) is 18.6 Å². The Balaban J connectivity index is 1.68. The molecule has 21 heavy (non-hydrogen) atoms. The molecule has 0 aliphatic carbocycles. The van der Waals surface area contributed by atoms with Gasteiger partial charge in [0.2, 0.25) is 0 Å². The Bertz CT molecular complexity index is 587. The number of aliphatic hydroxyl groups excluding tert-OH is 1. The Hall–Kier alpha value is -1.72. The smallest absolute Gasteiger partial charge is 0.107 e. The summed E-state index contributed by atoms with van der Waals surface area (Å²) in [5, 5.41) is 9.19. The van der Waals surface area contributed by atoms with Gasteiger partial charge in [-0.3, -0.25) is 4.98 Å². The van der Waals surface area contributed by atoms with Gasteiger partial charge in [0.25, 0.3) is 0 Å². The number of hydrogen-bond acceptors (Lipinski definition) is 4. The van der Waals surface area contributed by atoms with Crippen molar-refractivity contribution in [2.24, 2.45) is 5.92 Å². The molecule has 1 N–H and O–H groups in total. The van der Waals surface area contributed by atoms with Crippen LogP contribution in [0.15, 0.2) is 30.9 Å². The van der Waals surface area contributed by atoms with E-state index in [1.807, 2.05) is 18.5 Å². The molecule has 3 heterocycles. The minimum absolute atomic E-state index is 0.0336. The number of rotatable bonds is 4. The predicted molar refractivity (Wildman–Crippen MR) is 81.6 cm³/mol. The highest BCUT2D eigenvalue weighted by Gasteiger charge is 2.17. The summed E-state index contributed by atoms with van der Waals surface area (Å²) in [6, 6.07) is 3.71. The molecule has 0 atom stereocenters. The second-order valence-corrected chi connectivity index (χ2v) is 5.91. The van der Waals surface area contributed by atoms with Gasteiger partial charge in [0.1, 0.15) is 5.69 Å². The van der Waals surface area contributed by atoms with Gasteiger partial charge in [-0.2, -0.15) is 0 Å². The highest BCUT2D eigenvalue weighted by atomic mass is 16.3. The van der Waals surface area contributed by atoms with E-state index in [9.17, 15) is 5.11 Å². The maximum atomic E-state index is 9.19. The number of piperidine rings is 1. The van der Waals surface area contributed by atoms with Crippen LogP contribution in [0.3, 0.4) is 0 Å². The van der Waals surface area contributed by atoms with Gasteiger partial charge in [0.15, 0.2) is 0 Å². The van der Waals surface area contributed by atoms with Crippen LogP contribution in [0, 0.1) is 5.92 Å². The van der Waals surface area contributed by atoms with Crippen molar-refractivity contribution < 1.29 is 5.11 Å². The first-order valence-electron chi connectivity index (χ1n) is 7.51. The molecule has 0 unspecified atom stereocenters. The van der Waals surface area contributed by atoms with Crippen LogP contribution in [0.2, 0.25) is 0 Å². The molecule has 0 radical (unpaired) electrons. The van der Waals surface area contributed by atoms with Gasteiger partial charge < -0.3 is 14.6 Å². The van der Waals surface area contributed by atoms with Crippen LogP contribution >= 0.6 is 0 Å². The van der Waals surface area contributed by atoms with E-state index in [1.165, 1.54) is 25.9 Å². The third kappa shape index (κ3) is 3.49. The fourth-order valence-corrected chi connectivity index (χ4v) is 2.85. The standard InChI is InChI=1S/C16H22N4O/c1-19-6-3-13(4-7-19)9-20-10-16(18-12-20)15-8-14(11-21)2-5-17-15/h2,5,8,10,12-13,21H,3-4,6-7,9,11H2,1H3.